The first kappa shape index (κ1) is 21.3. The number of rotatable bonds is 7. The van der Waals surface area contributed by atoms with E-state index in [1.807, 2.05) is 49.7 Å². The minimum Gasteiger partial charge on any atom is -0.441 e. The summed E-state index contributed by atoms with van der Waals surface area (Å²) in [4.78, 5) is 19.3. The molecule has 7 heteroatoms. The third kappa shape index (κ3) is 5.41. The molecule has 0 radical (unpaired) electrons. The standard InChI is InChI=1S/C24H31N5O2/c1-17-15-18(2)29(27-17)16-22-19(3)31-24(26-22)20-7-9-21(10-8-20)25-23(30)11-14-28-12-5-4-6-13-28/h7-10,15H,4-6,11-14,16H2,1-3H3,(H,25,30). The van der Waals surface area contributed by atoms with Crippen LogP contribution in [0.3, 0.4) is 0 Å². The van der Waals surface area contributed by atoms with Crippen molar-refractivity contribution in [2.75, 3.05) is 25.0 Å². The largest absolute Gasteiger partial charge is 0.441 e. The Morgan fingerprint density at radius 2 is 1.84 bits per heavy atom. The van der Waals surface area contributed by atoms with E-state index in [2.05, 4.69) is 26.4 Å². The minimum absolute atomic E-state index is 0.0532. The molecule has 0 saturated carbocycles. The maximum atomic E-state index is 12.3. The fourth-order valence-corrected chi connectivity index (χ4v) is 4.04. The van der Waals surface area contributed by atoms with Crippen LogP contribution in [-0.4, -0.2) is 45.2 Å². The summed E-state index contributed by atoms with van der Waals surface area (Å²) in [6, 6.07) is 9.70. The first-order valence-electron chi connectivity index (χ1n) is 11.1. The van der Waals surface area contributed by atoms with E-state index in [0.29, 0.717) is 18.9 Å². The lowest BCUT2D eigenvalue weighted by molar-refractivity contribution is -0.116. The van der Waals surface area contributed by atoms with Crippen molar-refractivity contribution in [1.82, 2.24) is 19.7 Å². The van der Waals surface area contributed by atoms with E-state index in [1.165, 1.54) is 19.3 Å². The highest BCUT2D eigenvalue weighted by Gasteiger charge is 2.15. The molecular weight excluding hydrogens is 390 g/mol. The Bertz CT molecular complexity index is 1030. The molecule has 1 saturated heterocycles. The Labute approximate surface area is 183 Å². The first-order chi connectivity index (χ1) is 15.0. The highest BCUT2D eigenvalue weighted by molar-refractivity contribution is 5.91. The Kier molecular flexibility index (Phi) is 6.51. The predicted octanol–water partition coefficient (Wildman–Crippen LogP) is 4.33. The quantitative estimate of drug-likeness (QED) is 0.615. The van der Waals surface area contributed by atoms with Crippen LogP contribution < -0.4 is 5.32 Å². The predicted molar refractivity (Wildman–Crippen MR) is 121 cm³/mol. The van der Waals surface area contributed by atoms with Crippen LogP contribution in [0.2, 0.25) is 0 Å². The van der Waals surface area contributed by atoms with Crippen LogP contribution in [0.15, 0.2) is 34.7 Å². The van der Waals surface area contributed by atoms with E-state index in [-0.39, 0.29) is 5.91 Å². The molecule has 3 aromatic rings. The van der Waals surface area contributed by atoms with E-state index >= 15 is 0 Å². The molecule has 1 fully saturated rings. The lowest BCUT2D eigenvalue weighted by Crippen LogP contribution is -2.32. The Morgan fingerprint density at radius 1 is 1.10 bits per heavy atom. The van der Waals surface area contributed by atoms with Crippen molar-refractivity contribution in [3.8, 4) is 11.5 Å². The van der Waals surface area contributed by atoms with Crippen LogP contribution >= 0.6 is 0 Å². The molecule has 0 unspecified atom stereocenters. The number of nitrogens with zero attached hydrogens (tertiary/aromatic N) is 4. The number of oxazole rings is 1. The molecule has 164 valence electrons. The lowest BCUT2D eigenvalue weighted by atomic mass is 10.1. The van der Waals surface area contributed by atoms with E-state index < -0.39 is 0 Å². The molecule has 1 aliphatic rings. The summed E-state index contributed by atoms with van der Waals surface area (Å²) in [5, 5.41) is 7.49. The second-order valence-corrected chi connectivity index (χ2v) is 8.38. The van der Waals surface area contributed by atoms with Gasteiger partial charge in [-0.3, -0.25) is 9.48 Å². The number of amides is 1. The van der Waals surface area contributed by atoms with Crippen LogP contribution in [0.4, 0.5) is 5.69 Å². The zero-order valence-corrected chi connectivity index (χ0v) is 18.6. The van der Waals surface area contributed by atoms with Gasteiger partial charge in [-0.2, -0.15) is 5.10 Å². The lowest BCUT2D eigenvalue weighted by Gasteiger charge is -2.25. The molecule has 31 heavy (non-hydrogen) atoms. The zero-order valence-electron chi connectivity index (χ0n) is 18.6. The van der Waals surface area contributed by atoms with Crippen molar-refractivity contribution < 1.29 is 9.21 Å². The maximum absolute atomic E-state index is 12.3. The normalized spacial score (nSPS) is 14.7. The molecule has 1 amide bonds. The monoisotopic (exact) mass is 421 g/mol. The number of anilines is 1. The molecule has 3 heterocycles. The van der Waals surface area contributed by atoms with Crippen molar-refractivity contribution in [2.24, 2.45) is 0 Å². The third-order valence-corrected chi connectivity index (χ3v) is 5.81. The second kappa shape index (κ2) is 9.47. The maximum Gasteiger partial charge on any atom is 0.226 e. The van der Waals surface area contributed by atoms with Crippen molar-refractivity contribution in [3.05, 3.63) is 53.2 Å². The van der Waals surface area contributed by atoms with Crippen LogP contribution in [0, 0.1) is 20.8 Å². The summed E-state index contributed by atoms with van der Waals surface area (Å²) in [5.41, 5.74) is 4.64. The summed E-state index contributed by atoms with van der Waals surface area (Å²) in [6.45, 7) is 9.58. The number of aromatic nitrogens is 3. The van der Waals surface area contributed by atoms with Gasteiger partial charge in [0.25, 0.3) is 0 Å². The molecule has 0 aliphatic carbocycles. The van der Waals surface area contributed by atoms with Crippen molar-refractivity contribution in [3.63, 3.8) is 0 Å². The Morgan fingerprint density at radius 3 is 2.52 bits per heavy atom. The molecule has 1 aliphatic heterocycles. The smallest absolute Gasteiger partial charge is 0.226 e. The number of likely N-dealkylation sites (tertiary alicyclic amines) is 1. The molecule has 0 bridgehead atoms. The minimum atomic E-state index is 0.0532. The summed E-state index contributed by atoms with van der Waals surface area (Å²) in [7, 11) is 0. The second-order valence-electron chi connectivity index (χ2n) is 8.38. The number of hydrogen-bond acceptors (Lipinski definition) is 5. The van der Waals surface area contributed by atoms with Gasteiger partial charge in [-0.1, -0.05) is 6.42 Å². The van der Waals surface area contributed by atoms with E-state index in [0.717, 1.165) is 53.7 Å². The molecule has 0 spiro atoms. The van der Waals surface area contributed by atoms with Gasteiger partial charge in [0.05, 0.1) is 12.2 Å². The first-order valence-corrected chi connectivity index (χ1v) is 11.1. The molecule has 4 rings (SSSR count). The highest BCUT2D eigenvalue weighted by atomic mass is 16.4. The molecular formula is C24H31N5O2. The van der Waals surface area contributed by atoms with Crippen LogP contribution in [-0.2, 0) is 11.3 Å². The van der Waals surface area contributed by atoms with Gasteiger partial charge in [-0.25, -0.2) is 4.98 Å². The number of aryl methyl sites for hydroxylation is 3. The third-order valence-electron chi connectivity index (χ3n) is 5.81. The van der Waals surface area contributed by atoms with Gasteiger partial charge in [0.2, 0.25) is 11.8 Å². The Balaban J connectivity index is 1.35. The molecule has 7 nitrogen and oxygen atoms in total. The fraction of sp³-hybridized carbons (Fsp3) is 0.458. The van der Waals surface area contributed by atoms with Crippen LogP contribution in [0.25, 0.3) is 11.5 Å². The molecule has 2 aromatic heterocycles. The number of nitrogens with one attached hydrogen (secondary N) is 1. The molecule has 0 atom stereocenters. The van der Waals surface area contributed by atoms with Gasteiger partial charge in [0.1, 0.15) is 11.5 Å². The Hall–Kier alpha value is -2.93. The van der Waals surface area contributed by atoms with Gasteiger partial charge in [0.15, 0.2) is 0 Å². The van der Waals surface area contributed by atoms with Gasteiger partial charge < -0.3 is 14.6 Å². The van der Waals surface area contributed by atoms with Gasteiger partial charge >= 0.3 is 0 Å². The summed E-state index contributed by atoms with van der Waals surface area (Å²) < 4.78 is 7.84. The zero-order chi connectivity index (χ0) is 21.8. The summed E-state index contributed by atoms with van der Waals surface area (Å²) in [5.74, 6) is 1.42. The van der Waals surface area contributed by atoms with Crippen LogP contribution in [0.1, 0.15) is 48.5 Å². The van der Waals surface area contributed by atoms with E-state index in [4.69, 9.17) is 4.42 Å². The average Bonchev–Trinajstić information content (AvgIpc) is 3.29. The van der Waals surface area contributed by atoms with Crippen molar-refractivity contribution >= 4 is 11.6 Å². The van der Waals surface area contributed by atoms with Gasteiger partial charge in [0, 0.05) is 29.9 Å². The fourth-order valence-electron chi connectivity index (χ4n) is 4.04. The van der Waals surface area contributed by atoms with Crippen molar-refractivity contribution in [1.29, 1.82) is 0 Å². The average molecular weight is 422 g/mol. The number of carbonyl (C=O) groups excluding carboxylic acids is 1. The number of benzene rings is 1. The van der Waals surface area contributed by atoms with E-state index in [1.54, 1.807) is 0 Å². The SMILES string of the molecule is Cc1cc(C)n(Cc2nc(-c3ccc(NC(=O)CCN4CCCCC4)cc3)oc2C)n1. The topological polar surface area (TPSA) is 76.2 Å². The number of hydrogen-bond donors (Lipinski definition) is 1. The summed E-state index contributed by atoms with van der Waals surface area (Å²) in [6.07, 6.45) is 4.32. The van der Waals surface area contributed by atoms with Gasteiger partial charge in [-0.15, -0.1) is 0 Å². The molecule has 1 N–H and O–H groups in total. The van der Waals surface area contributed by atoms with Crippen molar-refractivity contribution in [2.45, 2.75) is 53.0 Å². The summed E-state index contributed by atoms with van der Waals surface area (Å²) >= 11 is 0. The highest BCUT2D eigenvalue weighted by Crippen LogP contribution is 2.24. The number of carbonyl (C=O) groups is 1. The molecule has 1 aromatic carbocycles. The number of piperidine rings is 1. The van der Waals surface area contributed by atoms with Gasteiger partial charge in [-0.05, 0) is 77.0 Å². The van der Waals surface area contributed by atoms with Crippen LogP contribution in [0.5, 0.6) is 0 Å². The van der Waals surface area contributed by atoms with E-state index in [9.17, 15) is 4.79 Å².